The van der Waals surface area contributed by atoms with Gasteiger partial charge in [0.15, 0.2) is 10.4 Å². The molecule has 0 aromatic carbocycles. The monoisotopic (exact) mass is 336 g/mol. The lowest BCUT2D eigenvalue weighted by molar-refractivity contribution is 0.458. The molecule has 2 N–H and O–H groups in total. The Morgan fingerprint density at radius 2 is 2.25 bits per heavy atom. The Kier molecular flexibility index (Phi) is 4.03. The molecule has 2 aromatic rings. The highest BCUT2D eigenvalue weighted by molar-refractivity contribution is 9.10. The quantitative estimate of drug-likeness (QED) is 0.933. The molecule has 3 rings (SSSR count). The number of rotatable bonds is 3. The van der Waals surface area contributed by atoms with Gasteiger partial charge in [-0.1, -0.05) is 0 Å². The van der Waals surface area contributed by atoms with Gasteiger partial charge in [0.2, 0.25) is 5.95 Å². The van der Waals surface area contributed by atoms with Gasteiger partial charge in [0.25, 0.3) is 0 Å². The van der Waals surface area contributed by atoms with Gasteiger partial charge in [-0.25, -0.2) is 9.97 Å². The van der Waals surface area contributed by atoms with Gasteiger partial charge in [0, 0.05) is 25.3 Å². The van der Waals surface area contributed by atoms with Crippen molar-refractivity contribution in [3.63, 3.8) is 0 Å². The number of hydrogen-bond donors (Lipinski definition) is 1. The van der Waals surface area contributed by atoms with Crippen molar-refractivity contribution in [1.29, 1.82) is 0 Å². The van der Waals surface area contributed by atoms with Crippen molar-refractivity contribution in [3.8, 4) is 11.5 Å². The summed E-state index contributed by atoms with van der Waals surface area (Å²) in [6.07, 6.45) is 5.27. The summed E-state index contributed by atoms with van der Waals surface area (Å²) < 4.78 is 6.25. The van der Waals surface area contributed by atoms with Gasteiger partial charge in [-0.2, -0.15) is 0 Å². The minimum atomic E-state index is 0.335. The predicted octanol–water partition coefficient (Wildman–Crippen LogP) is 2.82. The number of hydrogen-bond acceptors (Lipinski definition) is 5. The van der Waals surface area contributed by atoms with Crippen molar-refractivity contribution in [1.82, 2.24) is 9.97 Å². The average molecular weight is 337 g/mol. The summed E-state index contributed by atoms with van der Waals surface area (Å²) in [6.45, 7) is 1.60. The summed E-state index contributed by atoms with van der Waals surface area (Å²) in [7, 11) is 0. The molecule has 0 radical (unpaired) electrons. The third-order valence-electron chi connectivity index (χ3n) is 3.62. The number of piperidine rings is 1. The molecule has 106 valence electrons. The summed E-state index contributed by atoms with van der Waals surface area (Å²) in [5, 5.41) is 0. The molecule has 1 atom stereocenters. The number of anilines is 1. The molecule has 5 nitrogen and oxygen atoms in total. The van der Waals surface area contributed by atoms with E-state index in [0.717, 1.165) is 36.8 Å². The zero-order chi connectivity index (χ0) is 13.9. The average Bonchev–Trinajstić information content (AvgIpc) is 2.94. The van der Waals surface area contributed by atoms with Crippen molar-refractivity contribution in [2.45, 2.75) is 25.3 Å². The Morgan fingerprint density at radius 3 is 3.00 bits per heavy atom. The van der Waals surface area contributed by atoms with Crippen molar-refractivity contribution < 1.29 is 4.42 Å². The summed E-state index contributed by atoms with van der Waals surface area (Å²) in [5.41, 5.74) is 6.66. The maximum Gasteiger partial charge on any atom is 0.226 e. The second-order valence-electron chi connectivity index (χ2n) is 4.92. The van der Waals surface area contributed by atoms with E-state index in [0.29, 0.717) is 17.3 Å². The number of furan rings is 1. The van der Waals surface area contributed by atoms with Gasteiger partial charge in [0.05, 0.1) is 0 Å². The lowest BCUT2D eigenvalue weighted by Gasteiger charge is -2.35. The Labute approximate surface area is 126 Å². The van der Waals surface area contributed by atoms with Crippen molar-refractivity contribution in [2.75, 3.05) is 18.0 Å². The van der Waals surface area contributed by atoms with Crippen LogP contribution in [-0.4, -0.2) is 29.1 Å². The van der Waals surface area contributed by atoms with E-state index < -0.39 is 0 Å². The molecular weight excluding hydrogens is 320 g/mol. The molecule has 0 saturated carbocycles. The maximum atomic E-state index is 5.86. The van der Waals surface area contributed by atoms with Crippen LogP contribution in [0.5, 0.6) is 0 Å². The molecular formula is C14H17BrN4O. The number of nitrogens with two attached hydrogens (primary N) is 1. The van der Waals surface area contributed by atoms with Gasteiger partial charge in [-0.05, 0) is 53.4 Å². The van der Waals surface area contributed by atoms with Crippen molar-refractivity contribution >= 4 is 21.9 Å². The van der Waals surface area contributed by atoms with Crippen LogP contribution in [0.3, 0.4) is 0 Å². The minimum Gasteiger partial charge on any atom is -0.448 e. The van der Waals surface area contributed by atoms with E-state index in [4.69, 9.17) is 10.2 Å². The Bertz CT molecular complexity index is 586. The van der Waals surface area contributed by atoms with E-state index in [-0.39, 0.29) is 0 Å². The molecule has 2 aromatic heterocycles. The summed E-state index contributed by atoms with van der Waals surface area (Å²) >= 11 is 3.31. The zero-order valence-corrected chi connectivity index (χ0v) is 12.7. The van der Waals surface area contributed by atoms with E-state index in [1.807, 2.05) is 18.2 Å². The van der Waals surface area contributed by atoms with E-state index in [1.54, 1.807) is 6.20 Å². The fourth-order valence-electron chi connectivity index (χ4n) is 2.58. The van der Waals surface area contributed by atoms with E-state index in [1.165, 1.54) is 6.42 Å². The zero-order valence-electron chi connectivity index (χ0n) is 11.1. The second-order valence-corrected chi connectivity index (χ2v) is 5.71. The summed E-state index contributed by atoms with van der Waals surface area (Å²) in [6, 6.07) is 5.95. The highest BCUT2D eigenvalue weighted by atomic mass is 79.9. The van der Waals surface area contributed by atoms with Crippen LogP contribution in [0, 0.1) is 0 Å². The SMILES string of the molecule is NCC1CCCCN1c1nccc(-c2ccc(Br)o2)n1. The first kappa shape index (κ1) is 13.6. The van der Waals surface area contributed by atoms with Crippen molar-refractivity contribution in [3.05, 3.63) is 29.1 Å². The summed E-state index contributed by atoms with van der Waals surface area (Å²) in [4.78, 5) is 11.2. The lowest BCUT2D eigenvalue weighted by Crippen LogP contribution is -2.45. The number of nitrogens with zero attached hydrogens (tertiary/aromatic N) is 3. The number of halogens is 1. The van der Waals surface area contributed by atoms with Crippen LogP contribution in [0.25, 0.3) is 11.5 Å². The second kappa shape index (κ2) is 5.93. The first-order valence-corrected chi connectivity index (χ1v) is 7.62. The standard InChI is InChI=1S/C14H17BrN4O/c15-13-5-4-12(20-13)11-6-7-17-14(18-11)19-8-2-1-3-10(19)9-16/h4-7,10H,1-3,8-9,16H2. The predicted molar refractivity (Wildman–Crippen MR) is 81.5 cm³/mol. The molecule has 0 aliphatic carbocycles. The molecule has 0 spiro atoms. The van der Waals surface area contributed by atoms with Crippen LogP contribution in [0.15, 0.2) is 33.5 Å². The highest BCUT2D eigenvalue weighted by Crippen LogP contribution is 2.26. The Hall–Kier alpha value is -1.40. The molecule has 6 heteroatoms. The van der Waals surface area contributed by atoms with E-state index in [9.17, 15) is 0 Å². The van der Waals surface area contributed by atoms with Crippen LogP contribution in [0.1, 0.15) is 19.3 Å². The van der Waals surface area contributed by atoms with Gasteiger partial charge in [-0.3, -0.25) is 0 Å². The first-order chi connectivity index (χ1) is 9.78. The van der Waals surface area contributed by atoms with E-state index >= 15 is 0 Å². The fraction of sp³-hybridized carbons (Fsp3) is 0.429. The van der Waals surface area contributed by atoms with Crippen LogP contribution in [-0.2, 0) is 0 Å². The van der Waals surface area contributed by atoms with Gasteiger partial charge >= 0.3 is 0 Å². The molecule has 1 saturated heterocycles. The molecule has 0 amide bonds. The van der Waals surface area contributed by atoms with Gasteiger partial charge in [0.1, 0.15) is 5.69 Å². The molecule has 1 aliphatic heterocycles. The lowest BCUT2D eigenvalue weighted by atomic mass is 10.0. The maximum absolute atomic E-state index is 5.86. The molecule has 0 bridgehead atoms. The van der Waals surface area contributed by atoms with E-state index in [2.05, 4.69) is 30.8 Å². The third-order valence-corrected chi connectivity index (χ3v) is 4.05. The smallest absolute Gasteiger partial charge is 0.226 e. The third kappa shape index (κ3) is 2.71. The first-order valence-electron chi connectivity index (χ1n) is 6.83. The molecule has 3 heterocycles. The number of aromatic nitrogens is 2. The van der Waals surface area contributed by atoms with Gasteiger partial charge in [-0.15, -0.1) is 0 Å². The van der Waals surface area contributed by atoms with Gasteiger partial charge < -0.3 is 15.1 Å². The summed E-state index contributed by atoms with van der Waals surface area (Å²) in [5.74, 6) is 1.48. The topological polar surface area (TPSA) is 68.2 Å². The molecule has 1 unspecified atom stereocenters. The van der Waals surface area contributed by atoms with Crippen LogP contribution >= 0.6 is 15.9 Å². The molecule has 20 heavy (non-hydrogen) atoms. The Morgan fingerprint density at radius 1 is 1.35 bits per heavy atom. The van der Waals surface area contributed by atoms with Crippen LogP contribution < -0.4 is 10.6 Å². The Balaban J connectivity index is 1.90. The van der Waals surface area contributed by atoms with Crippen LogP contribution in [0.4, 0.5) is 5.95 Å². The van der Waals surface area contributed by atoms with Crippen molar-refractivity contribution in [2.24, 2.45) is 5.73 Å². The molecule has 1 aliphatic rings. The largest absolute Gasteiger partial charge is 0.448 e. The minimum absolute atomic E-state index is 0.335. The molecule has 1 fully saturated rings. The highest BCUT2D eigenvalue weighted by Gasteiger charge is 2.23. The fourth-order valence-corrected chi connectivity index (χ4v) is 2.89. The van der Waals surface area contributed by atoms with Crippen LogP contribution in [0.2, 0.25) is 0 Å². The normalized spacial score (nSPS) is 19.3.